The third-order valence-electron chi connectivity index (χ3n) is 5.39. The second kappa shape index (κ2) is 8.15. The summed E-state index contributed by atoms with van der Waals surface area (Å²) in [6.45, 7) is 19.3. The molecule has 1 heteroatoms. The molecule has 28 heavy (non-hydrogen) atoms. The first-order chi connectivity index (χ1) is 13.4. The summed E-state index contributed by atoms with van der Waals surface area (Å²) < 4.78 is 0. The van der Waals surface area contributed by atoms with Crippen molar-refractivity contribution >= 4 is 18.2 Å². The van der Waals surface area contributed by atoms with Gasteiger partial charge in [0, 0.05) is 21.6 Å². The number of aryl methyl sites for hydroxylation is 1. The highest BCUT2D eigenvalue weighted by Crippen LogP contribution is 2.50. The average molecular weight is 383 g/mol. The van der Waals surface area contributed by atoms with Gasteiger partial charge in [-0.25, -0.2) is 0 Å². The number of hydrogen-bond donors (Lipinski definition) is 1. The summed E-state index contributed by atoms with van der Waals surface area (Å²) >= 11 is 4.63. The Hall–Kier alpha value is -2.65. The van der Waals surface area contributed by atoms with Crippen molar-refractivity contribution in [2.75, 3.05) is 0 Å². The molecule has 0 unspecified atom stereocenters. The Bertz CT molecular complexity index is 1040. The highest BCUT2D eigenvalue weighted by Gasteiger charge is 2.33. The van der Waals surface area contributed by atoms with E-state index in [9.17, 15) is 0 Å². The van der Waals surface area contributed by atoms with E-state index in [0.717, 1.165) is 68.7 Å². The molecule has 0 nitrogen and oxygen atoms in total. The Kier molecular flexibility index (Phi) is 5.85. The second-order valence-electron chi connectivity index (χ2n) is 7.25. The molecule has 0 atom stereocenters. The van der Waals surface area contributed by atoms with Gasteiger partial charge in [0.2, 0.25) is 0 Å². The second-order valence-corrected chi connectivity index (χ2v) is 7.79. The van der Waals surface area contributed by atoms with Gasteiger partial charge in [-0.3, -0.25) is 0 Å². The van der Waals surface area contributed by atoms with Crippen LogP contribution < -0.4 is 0 Å². The molecule has 0 aliphatic heterocycles. The molecule has 0 saturated heterocycles. The maximum Gasteiger partial charge on any atom is 0.0351 e. The number of rotatable bonds is 5. The molecule has 1 aromatic rings. The SMILES string of the molecule is C=C1C(=C)C(C(=C=C(S)CC)C2=C(C)C=CCC2)=C1C(=C)c1c#cccc1C. The molecule has 2 aliphatic carbocycles. The van der Waals surface area contributed by atoms with Crippen molar-refractivity contribution in [1.29, 1.82) is 0 Å². The van der Waals surface area contributed by atoms with Gasteiger partial charge in [-0.05, 0) is 84.2 Å². The Morgan fingerprint density at radius 3 is 2.57 bits per heavy atom. The maximum atomic E-state index is 4.63. The normalized spacial score (nSPS) is 15.9. The van der Waals surface area contributed by atoms with E-state index in [1.165, 1.54) is 11.1 Å². The first kappa shape index (κ1) is 20.1. The third-order valence-corrected chi connectivity index (χ3v) is 5.82. The Morgan fingerprint density at radius 2 is 1.93 bits per heavy atom. The van der Waals surface area contributed by atoms with Gasteiger partial charge in [-0.2, -0.15) is 0 Å². The minimum absolute atomic E-state index is 0.840. The fourth-order valence-electron chi connectivity index (χ4n) is 3.68. The lowest BCUT2D eigenvalue weighted by Crippen LogP contribution is -2.16. The van der Waals surface area contributed by atoms with Gasteiger partial charge in [0.1, 0.15) is 0 Å². The molecule has 0 N–H and O–H groups in total. The number of hydrogen-bond acceptors (Lipinski definition) is 1. The molecule has 0 bridgehead atoms. The van der Waals surface area contributed by atoms with Crippen LogP contribution in [-0.2, 0) is 0 Å². The van der Waals surface area contributed by atoms with Crippen molar-refractivity contribution in [1.82, 2.24) is 0 Å². The third kappa shape index (κ3) is 3.55. The van der Waals surface area contributed by atoms with Crippen LogP contribution in [0.1, 0.15) is 44.2 Å². The molecule has 0 heterocycles. The first-order valence-electron chi connectivity index (χ1n) is 9.64. The molecule has 0 radical (unpaired) electrons. The summed E-state index contributed by atoms with van der Waals surface area (Å²) in [5.74, 6) is 0. The summed E-state index contributed by atoms with van der Waals surface area (Å²) in [6, 6.07) is 10.2. The zero-order chi connectivity index (χ0) is 20.4. The van der Waals surface area contributed by atoms with E-state index in [1.54, 1.807) is 0 Å². The lowest BCUT2D eigenvalue weighted by molar-refractivity contribution is 0.947. The lowest BCUT2D eigenvalue weighted by Gasteiger charge is -2.33. The van der Waals surface area contributed by atoms with Crippen molar-refractivity contribution in [3.8, 4) is 0 Å². The highest BCUT2D eigenvalue weighted by atomic mass is 32.1. The van der Waals surface area contributed by atoms with Crippen molar-refractivity contribution in [2.45, 2.75) is 40.0 Å². The molecule has 0 fully saturated rings. The molecule has 3 rings (SSSR count). The molecule has 0 amide bonds. The van der Waals surface area contributed by atoms with Crippen molar-refractivity contribution in [2.24, 2.45) is 0 Å². The molecule has 0 spiro atoms. The predicted molar refractivity (Wildman–Crippen MR) is 124 cm³/mol. The maximum absolute atomic E-state index is 4.63. The summed E-state index contributed by atoms with van der Waals surface area (Å²) in [7, 11) is 0. The van der Waals surface area contributed by atoms with Gasteiger partial charge in [0.05, 0.1) is 0 Å². The highest BCUT2D eigenvalue weighted by molar-refractivity contribution is 7.84. The van der Waals surface area contributed by atoms with Crippen LogP contribution in [0.3, 0.4) is 0 Å². The zero-order valence-electron chi connectivity index (χ0n) is 17.0. The smallest absolute Gasteiger partial charge is 0.0351 e. The van der Waals surface area contributed by atoms with E-state index < -0.39 is 0 Å². The Morgan fingerprint density at radius 1 is 1.21 bits per heavy atom. The average Bonchev–Trinajstić information content (AvgIpc) is 2.70. The van der Waals surface area contributed by atoms with Gasteiger partial charge in [-0.15, -0.1) is 18.4 Å². The van der Waals surface area contributed by atoms with E-state index in [2.05, 4.69) is 83.2 Å². The van der Waals surface area contributed by atoms with E-state index in [-0.39, 0.29) is 0 Å². The Labute approximate surface area is 175 Å². The van der Waals surface area contributed by atoms with E-state index in [0.29, 0.717) is 0 Å². The van der Waals surface area contributed by atoms with Crippen LogP contribution in [-0.4, -0.2) is 0 Å². The van der Waals surface area contributed by atoms with Gasteiger partial charge in [0.15, 0.2) is 0 Å². The topological polar surface area (TPSA) is 0 Å². The number of thiol groups is 1. The minimum atomic E-state index is 0.840. The van der Waals surface area contributed by atoms with Crippen LogP contribution in [0.15, 0.2) is 93.7 Å². The Balaban J connectivity index is 2.26. The largest absolute Gasteiger partial charge is 0.140 e. The van der Waals surface area contributed by atoms with Gasteiger partial charge < -0.3 is 0 Å². The van der Waals surface area contributed by atoms with Crippen LogP contribution in [0.2, 0.25) is 0 Å². The fraction of sp³-hybridized carbons (Fsp3) is 0.222. The summed E-state index contributed by atoms with van der Waals surface area (Å²) in [5.41, 5.74) is 14.3. The van der Waals surface area contributed by atoms with E-state index >= 15 is 0 Å². The molecular weight excluding hydrogens is 356 g/mol. The van der Waals surface area contributed by atoms with Crippen LogP contribution in [0.4, 0.5) is 0 Å². The molecule has 140 valence electrons. The monoisotopic (exact) mass is 382 g/mol. The van der Waals surface area contributed by atoms with Crippen molar-refractivity contribution in [3.63, 3.8) is 0 Å². The quantitative estimate of drug-likeness (QED) is 0.397. The van der Waals surface area contributed by atoms with Crippen LogP contribution in [0.25, 0.3) is 5.57 Å². The minimum Gasteiger partial charge on any atom is -0.140 e. The van der Waals surface area contributed by atoms with Crippen molar-refractivity contribution < 1.29 is 0 Å². The summed E-state index contributed by atoms with van der Waals surface area (Å²) in [4.78, 5) is 0.934. The van der Waals surface area contributed by atoms with Crippen molar-refractivity contribution in [3.05, 3.63) is 117 Å². The summed E-state index contributed by atoms with van der Waals surface area (Å²) in [6.07, 6.45) is 7.28. The van der Waals surface area contributed by atoms with Crippen LogP contribution >= 0.6 is 12.6 Å². The van der Waals surface area contributed by atoms with Gasteiger partial charge in [0.25, 0.3) is 0 Å². The number of allylic oxidation sites excluding steroid dienone is 10. The molecular formula is C27H26S. The molecule has 2 aliphatic rings. The predicted octanol–water partition coefficient (Wildman–Crippen LogP) is 7.45. The molecule has 1 aromatic carbocycles. The molecule has 0 aromatic heterocycles. The van der Waals surface area contributed by atoms with Crippen LogP contribution in [0, 0.1) is 19.1 Å². The summed E-state index contributed by atoms with van der Waals surface area (Å²) in [5, 5.41) is 0. The van der Waals surface area contributed by atoms with Crippen LogP contribution in [0.5, 0.6) is 0 Å². The fourth-order valence-corrected chi connectivity index (χ4v) is 3.79. The zero-order valence-corrected chi connectivity index (χ0v) is 17.9. The van der Waals surface area contributed by atoms with E-state index in [1.807, 2.05) is 12.1 Å². The lowest BCUT2D eigenvalue weighted by atomic mass is 9.69. The first-order valence-corrected chi connectivity index (χ1v) is 10.1. The van der Waals surface area contributed by atoms with E-state index in [4.69, 9.17) is 0 Å². The standard InChI is InChI=1S/C27H26S/c1-7-22(28)16-25(24-15-11-9-13-18(24)3)27-20(5)19(4)26(27)21(6)23-14-10-8-12-17(23)2/h8-9,12-13,28H,4-7,11,15H2,1-3H3. The van der Waals surface area contributed by atoms with Gasteiger partial charge >= 0.3 is 0 Å². The van der Waals surface area contributed by atoms with Gasteiger partial charge in [-0.1, -0.05) is 50.9 Å². The molecule has 0 saturated carbocycles.